The fourth-order valence-electron chi connectivity index (χ4n) is 4.06. The van der Waals surface area contributed by atoms with Gasteiger partial charge < -0.3 is 4.74 Å². The van der Waals surface area contributed by atoms with Gasteiger partial charge in [-0.05, 0) is 31.2 Å². The van der Waals surface area contributed by atoms with E-state index in [0.717, 1.165) is 6.61 Å². The first-order valence-electron chi connectivity index (χ1n) is 8.76. The lowest BCUT2D eigenvalue weighted by molar-refractivity contribution is 0.0223. The average Bonchev–Trinajstić information content (AvgIpc) is 3.28. The van der Waals surface area contributed by atoms with Crippen LogP contribution in [0.3, 0.4) is 0 Å². The molecule has 2 aliphatic heterocycles. The van der Waals surface area contributed by atoms with Crippen LogP contribution in [0.5, 0.6) is 0 Å². The number of rotatable bonds is 6. The summed E-state index contributed by atoms with van der Waals surface area (Å²) >= 11 is 0. The Morgan fingerprint density at radius 2 is 1.92 bits per heavy atom. The van der Waals surface area contributed by atoms with Crippen molar-refractivity contribution in [3.63, 3.8) is 0 Å². The van der Waals surface area contributed by atoms with Crippen LogP contribution >= 0.6 is 0 Å². The van der Waals surface area contributed by atoms with Crippen molar-refractivity contribution in [2.45, 2.75) is 30.6 Å². The summed E-state index contributed by atoms with van der Waals surface area (Å²) in [4.78, 5) is 2.04. The highest BCUT2D eigenvalue weighted by molar-refractivity contribution is 7.93. The molecule has 1 aliphatic carbocycles. The van der Waals surface area contributed by atoms with Crippen LogP contribution in [0.15, 0.2) is 24.3 Å². The van der Waals surface area contributed by atoms with Crippen molar-refractivity contribution in [2.75, 3.05) is 32.1 Å². The number of sulfone groups is 1. The summed E-state index contributed by atoms with van der Waals surface area (Å²) in [6, 6.07) is 6.70. The van der Waals surface area contributed by atoms with Crippen LogP contribution in [0.4, 0.5) is 4.39 Å². The minimum Gasteiger partial charge on any atom is -0.381 e. The Balaban J connectivity index is 1.40. The summed E-state index contributed by atoms with van der Waals surface area (Å²) in [5.41, 5.74) is 0.629. The maximum atomic E-state index is 13.8. The van der Waals surface area contributed by atoms with E-state index < -0.39 is 14.6 Å². The molecule has 1 spiro atoms. The predicted octanol–water partition coefficient (Wildman–Crippen LogP) is 2.24. The summed E-state index contributed by atoms with van der Waals surface area (Å²) in [5.74, 6) is 0.811. The molecule has 0 aromatic heterocycles. The number of hydrogen-bond acceptors (Lipinski definition) is 4. The van der Waals surface area contributed by atoms with Gasteiger partial charge in [-0.25, -0.2) is 12.8 Å². The highest BCUT2D eigenvalue weighted by Crippen LogP contribution is 2.45. The van der Waals surface area contributed by atoms with Gasteiger partial charge in [-0.2, -0.15) is 0 Å². The minimum atomic E-state index is -3.08. The number of ether oxygens (including phenoxy) is 1. The third kappa shape index (κ3) is 2.89. The molecular formula is C18H24FNO3S. The molecule has 0 unspecified atom stereocenters. The summed E-state index contributed by atoms with van der Waals surface area (Å²) in [6.45, 7) is 2.79. The van der Waals surface area contributed by atoms with Gasteiger partial charge >= 0.3 is 0 Å². The van der Waals surface area contributed by atoms with Gasteiger partial charge in [0.25, 0.3) is 0 Å². The van der Waals surface area contributed by atoms with Gasteiger partial charge in [-0.15, -0.1) is 0 Å². The fraction of sp³-hybridized carbons (Fsp3) is 0.667. The zero-order valence-electron chi connectivity index (χ0n) is 13.8. The molecule has 0 N–H and O–H groups in total. The van der Waals surface area contributed by atoms with Gasteiger partial charge in [-0.1, -0.05) is 18.2 Å². The molecule has 3 aliphatic rings. The first-order valence-corrected chi connectivity index (χ1v) is 10.4. The Morgan fingerprint density at radius 3 is 2.62 bits per heavy atom. The second-order valence-electron chi connectivity index (χ2n) is 7.59. The van der Waals surface area contributed by atoms with Gasteiger partial charge in [0, 0.05) is 37.7 Å². The molecule has 1 atom stereocenters. The van der Waals surface area contributed by atoms with Crippen molar-refractivity contribution in [1.29, 1.82) is 0 Å². The van der Waals surface area contributed by atoms with Crippen LogP contribution in [0.25, 0.3) is 0 Å². The van der Waals surface area contributed by atoms with Crippen LogP contribution in [-0.4, -0.2) is 50.1 Å². The maximum Gasteiger partial charge on any atom is 0.158 e. The highest BCUT2D eigenvalue weighted by Gasteiger charge is 2.61. The Morgan fingerprint density at radius 1 is 1.17 bits per heavy atom. The van der Waals surface area contributed by atoms with Crippen LogP contribution < -0.4 is 0 Å². The van der Waals surface area contributed by atoms with Crippen LogP contribution in [0.2, 0.25) is 0 Å². The lowest BCUT2D eigenvalue weighted by Gasteiger charge is -2.50. The lowest BCUT2D eigenvalue weighted by atomic mass is 9.83. The summed E-state index contributed by atoms with van der Waals surface area (Å²) < 4.78 is 44.1. The van der Waals surface area contributed by atoms with Crippen molar-refractivity contribution in [2.24, 2.45) is 11.8 Å². The van der Waals surface area contributed by atoms with Gasteiger partial charge in [0.2, 0.25) is 0 Å². The number of nitrogens with zero attached hydrogens (tertiary/aromatic N) is 1. The van der Waals surface area contributed by atoms with Gasteiger partial charge in [-0.3, -0.25) is 4.90 Å². The average molecular weight is 353 g/mol. The molecule has 3 fully saturated rings. The van der Waals surface area contributed by atoms with E-state index in [4.69, 9.17) is 4.74 Å². The summed E-state index contributed by atoms with van der Waals surface area (Å²) in [6.07, 6.45) is 3.18. The molecule has 0 radical (unpaired) electrons. The Labute approximate surface area is 142 Å². The third-order valence-corrected chi connectivity index (χ3v) is 8.41. The first-order chi connectivity index (χ1) is 11.5. The largest absolute Gasteiger partial charge is 0.381 e. The third-order valence-electron chi connectivity index (χ3n) is 5.80. The molecular weight excluding hydrogens is 329 g/mol. The van der Waals surface area contributed by atoms with E-state index in [9.17, 15) is 12.8 Å². The molecule has 1 aromatic carbocycles. The maximum absolute atomic E-state index is 13.8. The molecule has 0 bridgehead atoms. The van der Waals surface area contributed by atoms with Crippen LogP contribution in [-0.2, 0) is 21.1 Å². The molecule has 6 heteroatoms. The van der Waals surface area contributed by atoms with E-state index in [0.29, 0.717) is 44.1 Å². The highest BCUT2D eigenvalue weighted by atomic mass is 32.2. The topological polar surface area (TPSA) is 46.6 Å². The number of likely N-dealkylation sites (tertiary alicyclic amines) is 1. The SMILES string of the molecule is O=S1(=O)CC[C@H](COCC2CC2)C12CN(Cc1ccccc1F)C2. The molecule has 24 heavy (non-hydrogen) atoms. The molecule has 1 saturated carbocycles. The zero-order chi connectivity index (χ0) is 16.8. The quantitative estimate of drug-likeness (QED) is 0.787. The van der Waals surface area contributed by atoms with Crippen molar-refractivity contribution in [3.8, 4) is 0 Å². The van der Waals surface area contributed by atoms with E-state index in [1.165, 1.54) is 18.9 Å². The standard InChI is InChI=1S/C18H24FNO3S/c19-17-4-2-1-3-15(17)9-20-12-18(13-20)16(7-8-24(18,21)22)11-23-10-14-5-6-14/h1-4,14,16H,5-13H2/t16-/m1/s1. The van der Waals surface area contributed by atoms with Crippen molar-refractivity contribution in [1.82, 2.24) is 4.90 Å². The van der Waals surface area contributed by atoms with Crippen molar-refractivity contribution < 1.29 is 17.5 Å². The second-order valence-corrected chi connectivity index (χ2v) is 10.0. The Bertz CT molecular complexity index is 711. The summed E-state index contributed by atoms with van der Waals surface area (Å²) in [7, 11) is -3.08. The van der Waals surface area contributed by atoms with Crippen molar-refractivity contribution >= 4 is 9.84 Å². The van der Waals surface area contributed by atoms with Crippen LogP contribution in [0.1, 0.15) is 24.8 Å². The Kier molecular flexibility index (Phi) is 4.17. The van der Waals surface area contributed by atoms with E-state index in [1.54, 1.807) is 12.1 Å². The summed E-state index contributed by atoms with van der Waals surface area (Å²) in [5, 5.41) is 0. The first kappa shape index (κ1) is 16.5. The monoisotopic (exact) mass is 353 g/mol. The Hall–Kier alpha value is -0.980. The normalized spacial score (nSPS) is 28.1. The van der Waals surface area contributed by atoms with E-state index in [-0.39, 0.29) is 17.5 Å². The van der Waals surface area contributed by atoms with E-state index in [2.05, 4.69) is 0 Å². The number of benzene rings is 1. The zero-order valence-corrected chi connectivity index (χ0v) is 14.6. The van der Waals surface area contributed by atoms with Gasteiger partial charge in [0.1, 0.15) is 10.6 Å². The second kappa shape index (κ2) is 6.07. The molecule has 4 nitrogen and oxygen atoms in total. The molecule has 1 aromatic rings. The molecule has 2 heterocycles. The van der Waals surface area contributed by atoms with Gasteiger partial charge in [0.05, 0.1) is 12.4 Å². The molecule has 132 valence electrons. The van der Waals surface area contributed by atoms with Crippen molar-refractivity contribution in [3.05, 3.63) is 35.6 Å². The van der Waals surface area contributed by atoms with E-state index in [1.807, 2.05) is 11.0 Å². The van der Waals surface area contributed by atoms with Crippen LogP contribution in [0, 0.1) is 17.7 Å². The smallest absolute Gasteiger partial charge is 0.158 e. The molecule has 2 saturated heterocycles. The predicted molar refractivity (Wildman–Crippen MR) is 89.8 cm³/mol. The lowest BCUT2D eigenvalue weighted by Crippen LogP contribution is -2.67. The molecule has 4 rings (SSSR count). The number of halogens is 1. The van der Waals surface area contributed by atoms with E-state index >= 15 is 0 Å². The number of hydrogen-bond donors (Lipinski definition) is 0. The fourth-order valence-corrected chi connectivity index (χ4v) is 6.51. The van der Waals surface area contributed by atoms with Gasteiger partial charge in [0.15, 0.2) is 9.84 Å². The minimum absolute atomic E-state index is 0.0816. The molecule has 0 amide bonds.